The summed E-state index contributed by atoms with van der Waals surface area (Å²) < 4.78 is 7.42. The molecule has 1 aromatic rings. The number of morpholine rings is 1. The molecule has 0 saturated carbocycles. The van der Waals surface area contributed by atoms with Gasteiger partial charge in [-0.15, -0.1) is 0 Å². The Hall–Kier alpha value is -1.44. The molecule has 7 heteroatoms. The highest BCUT2D eigenvalue weighted by Gasteiger charge is 2.45. The molecule has 3 aliphatic heterocycles. The van der Waals surface area contributed by atoms with Crippen molar-refractivity contribution in [2.24, 2.45) is 12.5 Å². The summed E-state index contributed by atoms with van der Waals surface area (Å²) in [4.78, 5) is 20.1. The summed E-state index contributed by atoms with van der Waals surface area (Å²) in [6, 6.07) is 0.641. The second-order valence-corrected chi connectivity index (χ2v) is 9.84. The van der Waals surface area contributed by atoms with Gasteiger partial charge in [0.2, 0.25) is 5.91 Å². The van der Waals surface area contributed by atoms with Gasteiger partial charge in [-0.25, -0.2) is 0 Å². The zero-order valence-corrected chi connectivity index (χ0v) is 19.3. The highest BCUT2D eigenvalue weighted by atomic mass is 16.5. The number of aryl methyl sites for hydroxylation is 2. The lowest BCUT2D eigenvalue weighted by Gasteiger charge is -2.39. The Kier molecular flexibility index (Phi) is 6.51. The van der Waals surface area contributed by atoms with Crippen molar-refractivity contribution in [1.82, 2.24) is 24.5 Å². The number of carbonyl (C=O) groups is 1. The maximum atomic E-state index is 12.9. The number of carbonyl (C=O) groups excluding carboxylic acids is 1. The first-order chi connectivity index (χ1) is 14.4. The van der Waals surface area contributed by atoms with Gasteiger partial charge in [0.15, 0.2) is 0 Å². The molecule has 4 heterocycles. The fourth-order valence-electron chi connectivity index (χ4n) is 5.83. The number of likely N-dealkylation sites (N-methyl/N-ethyl adjacent to an activating group) is 1. The number of hydrogen-bond donors (Lipinski definition) is 0. The predicted octanol–water partition coefficient (Wildman–Crippen LogP) is 1.61. The van der Waals surface area contributed by atoms with E-state index in [-0.39, 0.29) is 0 Å². The highest BCUT2D eigenvalue weighted by molar-refractivity contribution is 5.76. The topological polar surface area (TPSA) is 53.8 Å². The highest BCUT2D eigenvalue weighted by Crippen LogP contribution is 2.43. The zero-order chi connectivity index (χ0) is 21.3. The molecule has 168 valence electrons. The molecule has 0 radical (unpaired) electrons. The SMILES string of the molecule is Cc1nn(C)c(C)c1CCC(=O)N1CCC2(CC1)CC(CN1CCOCC1)N(C)C2. The minimum absolute atomic E-state index is 0.309. The van der Waals surface area contributed by atoms with Crippen LogP contribution in [0.1, 0.15) is 42.6 Å². The average Bonchev–Trinajstić information content (AvgIpc) is 3.16. The molecule has 30 heavy (non-hydrogen) atoms. The Morgan fingerprint density at radius 2 is 1.83 bits per heavy atom. The Labute approximate surface area is 181 Å². The van der Waals surface area contributed by atoms with E-state index in [2.05, 4.69) is 33.8 Å². The molecular weight excluding hydrogens is 378 g/mol. The largest absolute Gasteiger partial charge is 0.379 e. The van der Waals surface area contributed by atoms with Crippen LogP contribution < -0.4 is 0 Å². The normalized spacial score (nSPS) is 25.3. The van der Waals surface area contributed by atoms with E-state index in [0.717, 1.165) is 70.9 Å². The lowest BCUT2D eigenvalue weighted by atomic mass is 9.76. The standard InChI is InChI=1S/C23H39N5O2/c1-18-21(19(2)26(4)24-18)5-6-22(29)28-9-7-23(8-10-28)15-20(25(3)17-23)16-27-11-13-30-14-12-27/h20H,5-17H2,1-4H3. The van der Waals surface area contributed by atoms with E-state index < -0.39 is 0 Å². The molecule has 0 aromatic carbocycles. The molecular formula is C23H39N5O2. The minimum Gasteiger partial charge on any atom is -0.379 e. The summed E-state index contributed by atoms with van der Waals surface area (Å²) in [6.45, 7) is 12.2. The molecule has 0 aliphatic carbocycles. The van der Waals surface area contributed by atoms with Gasteiger partial charge in [0.25, 0.3) is 0 Å². The Bertz CT molecular complexity index is 747. The van der Waals surface area contributed by atoms with Gasteiger partial charge in [-0.1, -0.05) is 0 Å². The number of likely N-dealkylation sites (tertiary alicyclic amines) is 2. The van der Waals surface area contributed by atoms with Gasteiger partial charge in [0.1, 0.15) is 0 Å². The Morgan fingerprint density at radius 1 is 1.13 bits per heavy atom. The molecule has 1 unspecified atom stereocenters. The molecule has 3 fully saturated rings. The van der Waals surface area contributed by atoms with Gasteiger partial charge in [-0.05, 0) is 57.6 Å². The molecule has 1 amide bonds. The molecule has 0 N–H and O–H groups in total. The summed E-state index contributed by atoms with van der Waals surface area (Å²) in [6.07, 6.45) is 4.97. The number of rotatable bonds is 5. The summed E-state index contributed by atoms with van der Waals surface area (Å²) in [7, 11) is 4.26. The van der Waals surface area contributed by atoms with Crippen LogP contribution in [-0.2, 0) is 23.0 Å². The van der Waals surface area contributed by atoms with Crippen molar-refractivity contribution >= 4 is 5.91 Å². The van der Waals surface area contributed by atoms with Crippen LogP contribution in [0.5, 0.6) is 0 Å². The molecule has 4 rings (SSSR count). The van der Waals surface area contributed by atoms with Crippen LogP contribution in [0.3, 0.4) is 0 Å². The van der Waals surface area contributed by atoms with E-state index in [9.17, 15) is 4.79 Å². The lowest BCUT2D eigenvalue weighted by Crippen LogP contribution is -2.44. The van der Waals surface area contributed by atoms with Crippen LogP contribution in [-0.4, -0.2) is 96.0 Å². The average molecular weight is 418 g/mol. The second-order valence-electron chi connectivity index (χ2n) is 9.84. The smallest absolute Gasteiger partial charge is 0.222 e. The number of amides is 1. The fraction of sp³-hybridized carbons (Fsp3) is 0.826. The van der Waals surface area contributed by atoms with Gasteiger partial charge in [-0.3, -0.25) is 14.4 Å². The third-order valence-electron chi connectivity index (χ3n) is 7.87. The van der Waals surface area contributed by atoms with Gasteiger partial charge in [0, 0.05) is 64.5 Å². The van der Waals surface area contributed by atoms with Crippen LogP contribution in [0.4, 0.5) is 0 Å². The molecule has 3 aliphatic rings. The monoisotopic (exact) mass is 417 g/mol. The van der Waals surface area contributed by atoms with E-state index in [1.54, 1.807) is 0 Å². The quantitative estimate of drug-likeness (QED) is 0.729. The maximum Gasteiger partial charge on any atom is 0.222 e. The summed E-state index contributed by atoms with van der Waals surface area (Å²) in [5, 5.41) is 4.48. The van der Waals surface area contributed by atoms with Gasteiger partial charge in [-0.2, -0.15) is 5.10 Å². The van der Waals surface area contributed by atoms with E-state index in [4.69, 9.17) is 4.74 Å². The fourth-order valence-corrected chi connectivity index (χ4v) is 5.83. The zero-order valence-electron chi connectivity index (χ0n) is 19.3. The minimum atomic E-state index is 0.309. The first kappa shape index (κ1) is 21.8. The number of ether oxygens (including phenoxy) is 1. The van der Waals surface area contributed by atoms with Crippen LogP contribution >= 0.6 is 0 Å². The third kappa shape index (κ3) is 4.58. The van der Waals surface area contributed by atoms with Crippen molar-refractivity contribution in [2.75, 3.05) is 59.5 Å². The van der Waals surface area contributed by atoms with Crippen LogP contribution in [0.2, 0.25) is 0 Å². The van der Waals surface area contributed by atoms with E-state index >= 15 is 0 Å². The van der Waals surface area contributed by atoms with Crippen molar-refractivity contribution in [2.45, 2.75) is 52.0 Å². The van der Waals surface area contributed by atoms with Crippen molar-refractivity contribution in [3.8, 4) is 0 Å². The molecule has 1 aromatic heterocycles. The van der Waals surface area contributed by atoms with E-state index in [1.807, 2.05) is 18.7 Å². The lowest BCUT2D eigenvalue weighted by molar-refractivity contribution is -0.133. The van der Waals surface area contributed by atoms with Crippen LogP contribution in [0.25, 0.3) is 0 Å². The van der Waals surface area contributed by atoms with Crippen molar-refractivity contribution < 1.29 is 9.53 Å². The van der Waals surface area contributed by atoms with Crippen molar-refractivity contribution in [3.63, 3.8) is 0 Å². The van der Waals surface area contributed by atoms with Gasteiger partial charge in [0.05, 0.1) is 18.9 Å². The molecule has 3 saturated heterocycles. The molecule has 1 spiro atoms. The maximum absolute atomic E-state index is 12.9. The van der Waals surface area contributed by atoms with Gasteiger partial charge >= 0.3 is 0 Å². The predicted molar refractivity (Wildman–Crippen MR) is 118 cm³/mol. The van der Waals surface area contributed by atoms with Crippen molar-refractivity contribution in [3.05, 3.63) is 17.0 Å². The first-order valence-electron chi connectivity index (χ1n) is 11.6. The molecule has 0 bridgehead atoms. The molecule has 1 atom stereocenters. The third-order valence-corrected chi connectivity index (χ3v) is 7.87. The van der Waals surface area contributed by atoms with E-state index in [1.165, 1.54) is 24.2 Å². The Morgan fingerprint density at radius 3 is 2.47 bits per heavy atom. The number of aromatic nitrogens is 2. The van der Waals surface area contributed by atoms with Gasteiger partial charge < -0.3 is 14.5 Å². The number of nitrogens with zero attached hydrogens (tertiary/aromatic N) is 5. The Balaban J connectivity index is 1.26. The number of hydrogen-bond acceptors (Lipinski definition) is 5. The van der Waals surface area contributed by atoms with Crippen LogP contribution in [0.15, 0.2) is 0 Å². The first-order valence-corrected chi connectivity index (χ1v) is 11.6. The molecule has 7 nitrogen and oxygen atoms in total. The van der Waals surface area contributed by atoms with Crippen LogP contribution in [0, 0.1) is 19.3 Å². The second kappa shape index (κ2) is 8.97. The number of piperidine rings is 1. The van der Waals surface area contributed by atoms with E-state index in [0.29, 0.717) is 23.8 Å². The summed E-state index contributed by atoms with van der Waals surface area (Å²) in [5.41, 5.74) is 3.88. The van der Waals surface area contributed by atoms with Crippen molar-refractivity contribution in [1.29, 1.82) is 0 Å². The summed E-state index contributed by atoms with van der Waals surface area (Å²) >= 11 is 0. The summed E-state index contributed by atoms with van der Waals surface area (Å²) in [5.74, 6) is 0.309.